The van der Waals surface area contributed by atoms with E-state index in [4.69, 9.17) is 4.74 Å². The molecule has 0 aromatic rings. The quantitative estimate of drug-likeness (QED) is 0.729. The van der Waals surface area contributed by atoms with Crippen molar-refractivity contribution in [2.45, 2.75) is 32.6 Å². The third-order valence-corrected chi connectivity index (χ3v) is 2.71. The van der Waals surface area contributed by atoms with Crippen molar-refractivity contribution >= 4 is 6.03 Å². The van der Waals surface area contributed by atoms with Gasteiger partial charge < -0.3 is 15.4 Å². The Bertz CT molecular complexity index is 179. The van der Waals surface area contributed by atoms with E-state index >= 15 is 0 Å². The van der Waals surface area contributed by atoms with Gasteiger partial charge in [-0.2, -0.15) is 0 Å². The molecule has 0 radical (unpaired) electrons. The van der Waals surface area contributed by atoms with Gasteiger partial charge >= 0.3 is 6.03 Å². The van der Waals surface area contributed by atoms with E-state index < -0.39 is 0 Å². The fraction of sp³-hybridized carbons (Fsp3) is 0.909. The minimum absolute atomic E-state index is 0.0380. The highest BCUT2D eigenvalue weighted by molar-refractivity contribution is 5.73. The van der Waals surface area contributed by atoms with Crippen LogP contribution in [0.25, 0.3) is 0 Å². The molecule has 0 unspecified atom stereocenters. The Kier molecular flexibility index (Phi) is 6.16. The molecule has 88 valence electrons. The van der Waals surface area contributed by atoms with Crippen molar-refractivity contribution in [3.8, 4) is 0 Å². The summed E-state index contributed by atoms with van der Waals surface area (Å²) in [6.07, 6.45) is 4.33. The average Bonchev–Trinajstić information content (AvgIpc) is 2.28. The third kappa shape index (κ3) is 5.62. The summed E-state index contributed by atoms with van der Waals surface area (Å²) in [6, 6.07) is -0.0380. The van der Waals surface area contributed by atoms with Gasteiger partial charge in [0.25, 0.3) is 0 Å². The lowest BCUT2D eigenvalue weighted by Gasteiger charge is -2.21. The number of ether oxygens (including phenoxy) is 1. The zero-order chi connectivity index (χ0) is 10.9. The smallest absolute Gasteiger partial charge is 0.314 e. The topological polar surface area (TPSA) is 50.4 Å². The minimum atomic E-state index is -0.0380. The van der Waals surface area contributed by atoms with E-state index in [0.29, 0.717) is 0 Å². The van der Waals surface area contributed by atoms with Gasteiger partial charge in [0.2, 0.25) is 0 Å². The molecule has 2 amide bonds. The maximum absolute atomic E-state index is 11.2. The van der Waals surface area contributed by atoms with Crippen LogP contribution in [-0.2, 0) is 4.74 Å². The maximum Gasteiger partial charge on any atom is 0.314 e. The van der Waals surface area contributed by atoms with Crippen molar-refractivity contribution in [3.63, 3.8) is 0 Å². The molecule has 0 aromatic carbocycles. The first-order valence-corrected chi connectivity index (χ1v) is 5.92. The molecule has 0 atom stereocenters. The largest absolute Gasteiger partial charge is 0.381 e. The minimum Gasteiger partial charge on any atom is -0.381 e. The second kappa shape index (κ2) is 7.51. The molecule has 1 rings (SSSR count). The fourth-order valence-electron chi connectivity index (χ4n) is 1.73. The van der Waals surface area contributed by atoms with Crippen LogP contribution >= 0.6 is 0 Å². The molecule has 1 fully saturated rings. The van der Waals surface area contributed by atoms with Crippen molar-refractivity contribution in [2.24, 2.45) is 5.92 Å². The molecular formula is C11H22N2O2. The highest BCUT2D eigenvalue weighted by atomic mass is 16.5. The number of carbonyl (C=O) groups is 1. The summed E-state index contributed by atoms with van der Waals surface area (Å²) in [4.78, 5) is 11.2. The van der Waals surface area contributed by atoms with E-state index in [9.17, 15) is 4.79 Å². The van der Waals surface area contributed by atoms with E-state index in [1.165, 1.54) is 0 Å². The van der Waals surface area contributed by atoms with Crippen LogP contribution in [0.1, 0.15) is 32.6 Å². The van der Waals surface area contributed by atoms with E-state index in [1.54, 1.807) is 0 Å². The summed E-state index contributed by atoms with van der Waals surface area (Å²) in [5.41, 5.74) is 0. The van der Waals surface area contributed by atoms with E-state index in [-0.39, 0.29) is 6.03 Å². The number of rotatable bonds is 5. The number of carbonyl (C=O) groups excluding carboxylic acids is 1. The van der Waals surface area contributed by atoms with Crippen molar-refractivity contribution in [1.82, 2.24) is 10.6 Å². The summed E-state index contributed by atoms with van der Waals surface area (Å²) >= 11 is 0. The SMILES string of the molecule is CCCNC(=O)NCCC1CCOCC1. The Labute approximate surface area is 91.8 Å². The first-order valence-electron chi connectivity index (χ1n) is 5.92. The van der Waals surface area contributed by atoms with Gasteiger partial charge in [0.05, 0.1) is 0 Å². The zero-order valence-corrected chi connectivity index (χ0v) is 9.55. The average molecular weight is 214 g/mol. The maximum atomic E-state index is 11.2. The Morgan fingerprint density at radius 2 is 1.93 bits per heavy atom. The van der Waals surface area contributed by atoms with Crippen molar-refractivity contribution in [3.05, 3.63) is 0 Å². The second-order valence-electron chi connectivity index (χ2n) is 4.03. The molecule has 0 aromatic heterocycles. The van der Waals surface area contributed by atoms with Crippen LogP contribution in [0.2, 0.25) is 0 Å². The van der Waals surface area contributed by atoms with Gasteiger partial charge in [-0.25, -0.2) is 4.79 Å². The van der Waals surface area contributed by atoms with Crippen LogP contribution in [0.5, 0.6) is 0 Å². The lowest BCUT2D eigenvalue weighted by Crippen LogP contribution is -2.37. The first-order chi connectivity index (χ1) is 7.33. The Morgan fingerprint density at radius 3 is 2.60 bits per heavy atom. The zero-order valence-electron chi connectivity index (χ0n) is 9.55. The van der Waals surface area contributed by atoms with E-state index in [0.717, 1.165) is 57.9 Å². The van der Waals surface area contributed by atoms with Gasteiger partial charge in [-0.1, -0.05) is 6.92 Å². The van der Waals surface area contributed by atoms with Crippen LogP contribution in [0.15, 0.2) is 0 Å². The van der Waals surface area contributed by atoms with Gasteiger partial charge in [-0.15, -0.1) is 0 Å². The van der Waals surface area contributed by atoms with Gasteiger partial charge in [-0.3, -0.25) is 0 Å². The molecule has 1 aliphatic heterocycles. The van der Waals surface area contributed by atoms with Crippen LogP contribution in [0.3, 0.4) is 0 Å². The van der Waals surface area contributed by atoms with Crippen molar-refractivity contribution < 1.29 is 9.53 Å². The lowest BCUT2D eigenvalue weighted by atomic mass is 9.97. The lowest BCUT2D eigenvalue weighted by molar-refractivity contribution is 0.0642. The third-order valence-electron chi connectivity index (χ3n) is 2.71. The molecule has 2 N–H and O–H groups in total. The molecule has 15 heavy (non-hydrogen) atoms. The Morgan fingerprint density at radius 1 is 1.27 bits per heavy atom. The molecule has 4 heteroatoms. The van der Waals surface area contributed by atoms with Crippen molar-refractivity contribution in [2.75, 3.05) is 26.3 Å². The molecule has 0 bridgehead atoms. The fourth-order valence-corrected chi connectivity index (χ4v) is 1.73. The normalized spacial score (nSPS) is 17.4. The standard InChI is InChI=1S/C11H22N2O2/c1-2-6-12-11(14)13-7-3-10-4-8-15-9-5-10/h10H,2-9H2,1H3,(H2,12,13,14). The van der Waals surface area contributed by atoms with Gasteiger partial charge in [0.15, 0.2) is 0 Å². The molecule has 1 saturated heterocycles. The Hall–Kier alpha value is -0.770. The molecule has 1 aliphatic rings. The van der Waals surface area contributed by atoms with Crippen LogP contribution in [-0.4, -0.2) is 32.3 Å². The summed E-state index contributed by atoms with van der Waals surface area (Å²) < 4.78 is 5.28. The van der Waals surface area contributed by atoms with Crippen LogP contribution in [0, 0.1) is 5.92 Å². The number of hydrogen-bond acceptors (Lipinski definition) is 2. The number of amides is 2. The molecular weight excluding hydrogens is 192 g/mol. The molecule has 0 aliphatic carbocycles. The molecule has 0 saturated carbocycles. The molecule has 0 spiro atoms. The van der Waals surface area contributed by atoms with Gasteiger partial charge in [0.1, 0.15) is 0 Å². The summed E-state index contributed by atoms with van der Waals surface area (Å²) in [5.74, 6) is 0.727. The predicted molar refractivity (Wildman–Crippen MR) is 59.9 cm³/mol. The van der Waals surface area contributed by atoms with Crippen molar-refractivity contribution in [1.29, 1.82) is 0 Å². The predicted octanol–water partition coefficient (Wildman–Crippen LogP) is 1.51. The summed E-state index contributed by atoms with van der Waals surface area (Å²) in [7, 11) is 0. The number of hydrogen-bond donors (Lipinski definition) is 2. The monoisotopic (exact) mass is 214 g/mol. The highest BCUT2D eigenvalue weighted by Crippen LogP contribution is 2.17. The van der Waals surface area contributed by atoms with Crippen LogP contribution < -0.4 is 10.6 Å². The molecule has 4 nitrogen and oxygen atoms in total. The number of urea groups is 1. The van der Waals surface area contributed by atoms with Crippen LogP contribution in [0.4, 0.5) is 4.79 Å². The summed E-state index contributed by atoms with van der Waals surface area (Å²) in [5, 5.41) is 5.67. The number of nitrogens with one attached hydrogen (secondary N) is 2. The first kappa shape index (κ1) is 12.3. The Balaban J connectivity index is 1.97. The summed E-state index contributed by atoms with van der Waals surface area (Å²) in [6.45, 7) is 5.34. The van der Waals surface area contributed by atoms with Gasteiger partial charge in [0, 0.05) is 26.3 Å². The van der Waals surface area contributed by atoms with E-state index in [2.05, 4.69) is 10.6 Å². The van der Waals surface area contributed by atoms with E-state index in [1.807, 2.05) is 6.92 Å². The highest BCUT2D eigenvalue weighted by Gasteiger charge is 2.13. The molecule has 1 heterocycles. The van der Waals surface area contributed by atoms with Gasteiger partial charge in [-0.05, 0) is 31.6 Å². The second-order valence-corrected chi connectivity index (χ2v) is 4.03.